The van der Waals surface area contributed by atoms with Crippen molar-refractivity contribution in [1.82, 2.24) is 4.98 Å². The standard InChI is InChI=1S/C11H4Br2Cl3NO/c12-5-1-2-9(6(13)3-5)18-11-8(15)4-7(14)10(16)17-11/h1-4H. The van der Waals surface area contributed by atoms with E-state index in [0.29, 0.717) is 10.8 Å². The SMILES string of the molecule is Clc1cc(Cl)c(Oc2ccc(Br)cc2Br)nc1Cl. The Morgan fingerprint density at radius 1 is 1.00 bits per heavy atom. The molecule has 0 radical (unpaired) electrons. The molecule has 0 aliphatic heterocycles. The fraction of sp³-hybridized carbons (Fsp3) is 0. The maximum Gasteiger partial charge on any atom is 0.239 e. The summed E-state index contributed by atoms with van der Waals surface area (Å²) in [6.07, 6.45) is 0. The number of halogens is 5. The summed E-state index contributed by atoms with van der Waals surface area (Å²) in [6.45, 7) is 0. The number of nitrogens with zero attached hydrogens (tertiary/aromatic N) is 1. The van der Waals surface area contributed by atoms with E-state index in [-0.39, 0.29) is 16.1 Å². The van der Waals surface area contributed by atoms with Crippen LogP contribution in [0.15, 0.2) is 33.2 Å². The highest BCUT2D eigenvalue weighted by molar-refractivity contribution is 9.11. The third-order valence-corrected chi connectivity index (χ3v) is 4.01. The minimum Gasteiger partial charge on any atom is -0.436 e. The minimum absolute atomic E-state index is 0.143. The van der Waals surface area contributed by atoms with Crippen molar-refractivity contribution in [1.29, 1.82) is 0 Å². The highest BCUT2D eigenvalue weighted by Crippen LogP contribution is 2.36. The third kappa shape index (κ3) is 3.31. The van der Waals surface area contributed by atoms with Crippen molar-refractivity contribution in [3.63, 3.8) is 0 Å². The molecule has 2 rings (SSSR count). The van der Waals surface area contributed by atoms with Gasteiger partial charge >= 0.3 is 0 Å². The molecule has 0 aliphatic rings. The zero-order chi connectivity index (χ0) is 13.3. The van der Waals surface area contributed by atoms with Crippen molar-refractivity contribution in [2.24, 2.45) is 0 Å². The van der Waals surface area contributed by atoms with Crippen LogP contribution in [0.4, 0.5) is 0 Å². The van der Waals surface area contributed by atoms with Crippen molar-refractivity contribution >= 4 is 66.7 Å². The second-order valence-corrected chi connectivity index (χ2v) is 6.17. The zero-order valence-electron chi connectivity index (χ0n) is 8.55. The maximum absolute atomic E-state index is 5.98. The molecular formula is C11H4Br2Cl3NO. The quantitative estimate of drug-likeness (QED) is 0.516. The van der Waals surface area contributed by atoms with E-state index >= 15 is 0 Å². The molecule has 0 saturated heterocycles. The van der Waals surface area contributed by atoms with Crippen molar-refractivity contribution in [2.45, 2.75) is 0 Å². The molecule has 0 atom stereocenters. The number of aromatic nitrogens is 1. The van der Waals surface area contributed by atoms with Crippen LogP contribution in [0.5, 0.6) is 11.6 Å². The molecule has 0 amide bonds. The molecule has 7 heteroatoms. The molecule has 0 unspecified atom stereocenters. The number of rotatable bonds is 2. The van der Waals surface area contributed by atoms with E-state index in [4.69, 9.17) is 39.5 Å². The Kier molecular flexibility index (Phi) is 4.78. The number of pyridine rings is 1. The van der Waals surface area contributed by atoms with Gasteiger partial charge in [-0.2, -0.15) is 4.98 Å². The number of benzene rings is 1. The lowest BCUT2D eigenvalue weighted by atomic mass is 10.3. The smallest absolute Gasteiger partial charge is 0.239 e. The summed E-state index contributed by atoms with van der Waals surface area (Å²) in [4.78, 5) is 3.98. The van der Waals surface area contributed by atoms with Crippen molar-refractivity contribution in [2.75, 3.05) is 0 Å². The number of hydrogen-bond acceptors (Lipinski definition) is 2. The first-order chi connectivity index (χ1) is 8.47. The Labute approximate surface area is 135 Å². The lowest BCUT2D eigenvalue weighted by Gasteiger charge is -2.09. The van der Waals surface area contributed by atoms with Gasteiger partial charge in [0.2, 0.25) is 5.88 Å². The van der Waals surface area contributed by atoms with Gasteiger partial charge in [0, 0.05) is 4.47 Å². The molecule has 0 fully saturated rings. The van der Waals surface area contributed by atoms with Crippen molar-refractivity contribution < 1.29 is 4.74 Å². The largest absolute Gasteiger partial charge is 0.436 e. The second kappa shape index (κ2) is 5.97. The first-order valence-electron chi connectivity index (χ1n) is 4.62. The van der Waals surface area contributed by atoms with Crippen LogP contribution < -0.4 is 4.74 Å². The molecule has 2 aromatic rings. The highest BCUT2D eigenvalue weighted by atomic mass is 79.9. The summed E-state index contributed by atoms with van der Waals surface area (Å²) in [5, 5.41) is 0.715. The summed E-state index contributed by atoms with van der Waals surface area (Å²) >= 11 is 24.3. The second-order valence-electron chi connectivity index (χ2n) is 3.22. The van der Waals surface area contributed by atoms with E-state index in [9.17, 15) is 0 Å². The van der Waals surface area contributed by atoms with E-state index in [2.05, 4.69) is 36.8 Å². The Morgan fingerprint density at radius 3 is 2.39 bits per heavy atom. The molecule has 1 aromatic carbocycles. The van der Waals surface area contributed by atoms with Gasteiger partial charge in [-0.15, -0.1) is 0 Å². The van der Waals surface area contributed by atoms with Gasteiger partial charge in [0.05, 0.1) is 9.50 Å². The molecule has 0 N–H and O–H groups in total. The average Bonchev–Trinajstić information content (AvgIpc) is 2.29. The summed E-state index contributed by atoms with van der Waals surface area (Å²) in [7, 11) is 0. The van der Waals surface area contributed by atoms with Gasteiger partial charge in [-0.25, -0.2) is 0 Å². The van der Waals surface area contributed by atoms with Gasteiger partial charge < -0.3 is 4.74 Å². The average molecular weight is 432 g/mol. The van der Waals surface area contributed by atoms with Gasteiger partial charge in [-0.3, -0.25) is 0 Å². The van der Waals surface area contributed by atoms with E-state index in [1.165, 1.54) is 6.07 Å². The fourth-order valence-corrected chi connectivity index (χ4v) is 2.82. The van der Waals surface area contributed by atoms with Gasteiger partial charge in [0.1, 0.15) is 10.8 Å². The topological polar surface area (TPSA) is 22.1 Å². The predicted molar refractivity (Wildman–Crippen MR) is 81.2 cm³/mol. The summed E-state index contributed by atoms with van der Waals surface area (Å²) < 4.78 is 7.27. The maximum atomic E-state index is 5.98. The van der Waals surface area contributed by atoms with E-state index in [0.717, 1.165) is 8.95 Å². The van der Waals surface area contributed by atoms with Crippen molar-refractivity contribution in [3.05, 3.63) is 48.4 Å². The van der Waals surface area contributed by atoms with E-state index in [1.807, 2.05) is 12.1 Å². The minimum atomic E-state index is 0.143. The molecule has 2 nitrogen and oxygen atoms in total. The predicted octanol–water partition coefficient (Wildman–Crippen LogP) is 6.36. The normalized spacial score (nSPS) is 10.5. The van der Waals surface area contributed by atoms with Crippen LogP contribution in [0.1, 0.15) is 0 Å². The number of ether oxygens (including phenoxy) is 1. The molecular weight excluding hydrogens is 428 g/mol. The Balaban J connectivity index is 2.37. The number of hydrogen-bond donors (Lipinski definition) is 0. The third-order valence-electron chi connectivity index (χ3n) is 1.96. The fourth-order valence-electron chi connectivity index (χ4n) is 1.16. The lowest BCUT2D eigenvalue weighted by molar-refractivity contribution is 0.460. The molecule has 94 valence electrons. The van der Waals surface area contributed by atoms with Crippen LogP contribution in [0, 0.1) is 0 Å². The van der Waals surface area contributed by atoms with Crippen LogP contribution in [-0.4, -0.2) is 4.98 Å². The molecule has 0 aliphatic carbocycles. The summed E-state index contributed by atoms with van der Waals surface area (Å²) in [5.41, 5.74) is 0. The van der Waals surface area contributed by atoms with Crippen molar-refractivity contribution in [3.8, 4) is 11.6 Å². The molecule has 1 aromatic heterocycles. The monoisotopic (exact) mass is 429 g/mol. The van der Waals surface area contributed by atoms with Crippen LogP contribution in [0.25, 0.3) is 0 Å². The summed E-state index contributed by atoms with van der Waals surface area (Å²) in [5.74, 6) is 0.778. The Bertz CT molecular complexity index is 607. The first kappa shape index (κ1) is 14.4. The highest BCUT2D eigenvalue weighted by Gasteiger charge is 2.11. The molecule has 18 heavy (non-hydrogen) atoms. The van der Waals surface area contributed by atoms with Crippen LogP contribution >= 0.6 is 66.7 Å². The van der Waals surface area contributed by atoms with Gasteiger partial charge in [-0.1, -0.05) is 50.7 Å². The molecule has 0 bridgehead atoms. The van der Waals surface area contributed by atoms with Gasteiger partial charge in [0.25, 0.3) is 0 Å². The van der Waals surface area contributed by atoms with Crippen LogP contribution in [0.3, 0.4) is 0 Å². The molecule has 1 heterocycles. The van der Waals surface area contributed by atoms with Crippen LogP contribution in [0.2, 0.25) is 15.2 Å². The lowest BCUT2D eigenvalue weighted by Crippen LogP contribution is -1.91. The Hall–Kier alpha value is -0.000000000000000111. The first-order valence-corrected chi connectivity index (χ1v) is 7.34. The Morgan fingerprint density at radius 2 is 1.72 bits per heavy atom. The molecule has 0 saturated carbocycles. The zero-order valence-corrected chi connectivity index (χ0v) is 14.0. The van der Waals surface area contributed by atoms with E-state index in [1.54, 1.807) is 6.07 Å². The van der Waals surface area contributed by atoms with Gasteiger partial charge in [-0.05, 0) is 40.2 Å². The van der Waals surface area contributed by atoms with Gasteiger partial charge in [0.15, 0.2) is 5.15 Å². The van der Waals surface area contributed by atoms with Crippen LogP contribution in [-0.2, 0) is 0 Å². The molecule has 0 spiro atoms. The van der Waals surface area contributed by atoms with E-state index < -0.39 is 0 Å². The summed E-state index contributed by atoms with van der Waals surface area (Å²) in [6, 6.07) is 6.95.